The van der Waals surface area contributed by atoms with Gasteiger partial charge in [-0.3, -0.25) is 4.79 Å². The molecule has 6 heteroatoms. The van der Waals surface area contributed by atoms with Crippen LogP contribution in [0.4, 0.5) is 14.5 Å². The van der Waals surface area contributed by atoms with E-state index in [1.807, 2.05) is 4.90 Å². The largest absolute Gasteiger partial charge is 0.497 e. The van der Waals surface area contributed by atoms with Crippen molar-refractivity contribution in [3.63, 3.8) is 0 Å². The number of rotatable bonds is 3. The molecule has 24 heavy (non-hydrogen) atoms. The van der Waals surface area contributed by atoms with E-state index in [0.717, 1.165) is 6.07 Å². The van der Waals surface area contributed by atoms with Gasteiger partial charge in [-0.1, -0.05) is 0 Å². The van der Waals surface area contributed by atoms with E-state index in [-0.39, 0.29) is 5.91 Å². The Balaban J connectivity index is 1.63. The Morgan fingerprint density at radius 2 is 1.62 bits per heavy atom. The van der Waals surface area contributed by atoms with Gasteiger partial charge in [0.1, 0.15) is 5.75 Å². The van der Waals surface area contributed by atoms with Crippen LogP contribution in [0.1, 0.15) is 10.4 Å². The molecular weight excluding hydrogens is 314 g/mol. The summed E-state index contributed by atoms with van der Waals surface area (Å²) >= 11 is 0. The minimum atomic E-state index is -0.857. The second-order valence-corrected chi connectivity index (χ2v) is 5.61. The van der Waals surface area contributed by atoms with Gasteiger partial charge in [-0.2, -0.15) is 0 Å². The van der Waals surface area contributed by atoms with Crippen LogP contribution in [0.3, 0.4) is 0 Å². The molecule has 2 aromatic rings. The molecule has 0 aromatic heterocycles. The average Bonchev–Trinajstić information content (AvgIpc) is 2.63. The zero-order chi connectivity index (χ0) is 17.1. The highest BCUT2D eigenvalue weighted by atomic mass is 19.2. The minimum absolute atomic E-state index is 0.0393. The molecule has 1 heterocycles. The molecule has 0 atom stereocenters. The summed E-state index contributed by atoms with van der Waals surface area (Å²) in [7, 11) is 1.58. The Labute approximate surface area is 139 Å². The van der Waals surface area contributed by atoms with Gasteiger partial charge in [-0.25, -0.2) is 8.78 Å². The Kier molecular flexibility index (Phi) is 4.64. The lowest BCUT2D eigenvalue weighted by atomic mass is 10.1. The summed E-state index contributed by atoms with van der Waals surface area (Å²) in [6, 6.07) is 10.9. The van der Waals surface area contributed by atoms with E-state index >= 15 is 0 Å². The number of ether oxygens (including phenoxy) is 1. The maximum atomic E-state index is 13.3. The van der Waals surface area contributed by atoms with Crippen molar-refractivity contribution < 1.29 is 18.3 Å². The number of amides is 1. The van der Waals surface area contributed by atoms with Crippen LogP contribution in [-0.4, -0.2) is 44.1 Å². The molecule has 0 saturated carbocycles. The number of carbonyl (C=O) groups is 1. The van der Waals surface area contributed by atoms with Gasteiger partial charge in [0, 0.05) is 43.5 Å². The van der Waals surface area contributed by atoms with Crippen LogP contribution in [-0.2, 0) is 0 Å². The number of nitrogens with zero attached hydrogens (tertiary/aromatic N) is 2. The number of piperazine rings is 1. The third kappa shape index (κ3) is 3.32. The zero-order valence-corrected chi connectivity index (χ0v) is 13.3. The standard InChI is InChI=1S/C18H18F2N2O2/c1-24-15-5-2-13(3-6-15)18(23)22-10-8-21(9-11-22)14-4-7-16(19)17(20)12-14/h2-7,12H,8-11H2,1H3. The van der Waals surface area contributed by atoms with Crippen molar-refractivity contribution >= 4 is 11.6 Å². The minimum Gasteiger partial charge on any atom is -0.497 e. The zero-order valence-electron chi connectivity index (χ0n) is 13.3. The molecule has 0 spiro atoms. The monoisotopic (exact) mass is 332 g/mol. The predicted molar refractivity (Wildman–Crippen MR) is 87.5 cm³/mol. The van der Waals surface area contributed by atoms with Gasteiger partial charge in [0.2, 0.25) is 0 Å². The Morgan fingerprint density at radius 1 is 0.958 bits per heavy atom. The fourth-order valence-corrected chi connectivity index (χ4v) is 2.77. The molecule has 0 aliphatic carbocycles. The summed E-state index contributed by atoms with van der Waals surface area (Å²) < 4.78 is 31.5. The number of halogens is 2. The molecule has 0 radical (unpaired) electrons. The first kappa shape index (κ1) is 16.2. The SMILES string of the molecule is COc1ccc(C(=O)N2CCN(c3ccc(F)c(F)c3)CC2)cc1. The maximum Gasteiger partial charge on any atom is 0.253 e. The molecule has 0 unspecified atom stereocenters. The third-order valence-corrected chi connectivity index (χ3v) is 4.17. The Morgan fingerprint density at radius 3 is 2.21 bits per heavy atom. The summed E-state index contributed by atoms with van der Waals surface area (Å²) in [6.45, 7) is 2.22. The van der Waals surface area contributed by atoms with Crippen LogP contribution in [0.5, 0.6) is 5.75 Å². The molecular formula is C18H18F2N2O2. The lowest BCUT2D eigenvalue weighted by Crippen LogP contribution is -2.48. The molecule has 0 bridgehead atoms. The Bertz CT molecular complexity index is 726. The maximum absolute atomic E-state index is 13.3. The van der Waals surface area contributed by atoms with Crippen LogP contribution in [0.25, 0.3) is 0 Å². The van der Waals surface area contributed by atoms with Crippen LogP contribution >= 0.6 is 0 Å². The van der Waals surface area contributed by atoms with Gasteiger partial charge < -0.3 is 14.5 Å². The number of hydrogen-bond donors (Lipinski definition) is 0. The van der Waals surface area contributed by atoms with Crippen molar-refractivity contribution in [3.8, 4) is 5.75 Å². The molecule has 1 aliphatic heterocycles. The third-order valence-electron chi connectivity index (χ3n) is 4.17. The fraction of sp³-hybridized carbons (Fsp3) is 0.278. The van der Waals surface area contributed by atoms with Crippen LogP contribution in [0.2, 0.25) is 0 Å². The van der Waals surface area contributed by atoms with Gasteiger partial charge in [0.05, 0.1) is 7.11 Å². The first-order chi connectivity index (χ1) is 11.6. The van der Waals surface area contributed by atoms with Gasteiger partial charge in [0.25, 0.3) is 5.91 Å². The predicted octanol–water partition coefficient (Wildman–Crippen LogP) is 2.94. The van der Waals surface area contributed by atoms with Crippen molar-refractivity contribution in [3.05, 3.63) is 59.7 Å². The van der Waals surface area contributed by atoms with Gasteiger partial charge in [-0.15, -0.1) is 0 Å². The summed E-state index contributed by atoms with van der Waals surface area (Å²) in [6.07, 6.45) is 0. The van der Waals surface area contributed by atoms with Crippen molar-refractivity contribution in [2.75, 3.05) is 38.2 Å². The molecule has 0 N–H and O–H groups in total. The second-order valence-electron chi connectivity index (χ2n) is 5.61. The summed E-state index contributed by atoms with van der Waals surface area (Å²) in [5, 5.41) is 0. The number of hydrogen-bond acceptors (Lipinski definition) is 3. The number of benzene rings is 2. The topological polar surface area (TPSA) is 32.8 Å². The van der Waals surface area contributed by atoms with Crippen molar-refractivity contribution in [2.24, 2.45) is 0 Å². The molecule has 1 fully saturated rings. The second kappa shape index (κ2) is 6.86. The van der Waals surface area contributed by atoms with Crippen LogP contribution in [0, 0.1) is 11.6 Å². The van der Waals surface area contributed by atoms with E-state index in [4.69, 9.17) is 4.74 Å². The smallest absolute Gasteiger partial charge is 0.253 e. The number of carbonyl (C=O) groups excluding carboxylic acids is 1. The molecule has 4 nitrogen and oxygen atoms in total. The first-order valence-electron chi connectivity index (χ1n) is 7.72. The van der Waals surface area contributed by atoms with Crippen molar-refractivity contribution in [2.45, 2.75) is 0 Å². The average molecular weight is 332 g/mol. The lowest BCUT2D eigenvalue weighted by Gasteiger charge is -2.36. The summed E-state index contributed by atoms with van der Waals surface area (Å²) in [5.74, 6) is -1.05. The molecule has 3 rings (SSSR count). The highest BCUT2D eigenvalue weighted by molar-refractivity contribution is 5.94. The quantitative estimate of drug-likeness (QED) is 0.866. The fourth-order valence-electron chi connectivity index (χ4n) is 2.77. The van der Waals surface area contributed by atoms with E-state index in [1.54, 1.807) is 42.3 Å². The molecule has 1 saturated heterocycles. The molecule has 1 aliphatic rings. The van der Waals surface area contributed by atoms with Crippen molar-refractivity contribution in [1.29, 1.82) is 0 Å². The molecule has 1 amide bonds. The Hall–Kier alpha value is -2.63. The van der Waals surface area contributed by atoms with Gasteiger partial charge in [-0.05, 0) is 36.4 Å². The van der Waals surface area contributed by atoms with Crippen molar-refractivity contribution in [1.82, 2.24) is 4.90 Å². The number of anilines is 1. The van der Waals surface area contributed by atoms with Crippen LogP contribution < -0.4 is 9.64 Å². The van der Waals surface area contributed by atoms with E-state index in [9.17, 15) is 13.6 Å². The van der Waals surface area contributed by atoms with E-state index < -0.39 is 11.6 Å². The highest BCUT2D eigenvalue weighted by Crippen LogP contribution is 2.20. The first-order valence-corrected chi connectivity index (χ1v) is 7.72. The van der Waals surface area contributed by atoms with E-state index in [1.165, 1.54) is 6.07 Å². The normalized spacial score (nSPS) is 14.6. The molecule has 2 aromatic carbocycles. The van der Waals surface area contributed by atoms with Gasteiger partial charge >= 0.3 is 0 Å². The number of methoxy groups -OCH3 is 1. The van der Waals surface area contributed by atoms with Crippen LogP contribution in [0.15, 0.2) is 42.5 Å². The summed E-state index contributed by atoms with van der Waals surface area (Å²) in [5.41, 5.74) is 1.24. The van der Waals surface area contributed by atoms with E-state index in [2.05, 4.69) is 0 Å². The lowest BCUT2D eigenvalue weighted by molar-refractivity contribution is 0.0746. The highest BCUT2D eigenvalue weighted by Gasteiger charge is 2.22. The van der Waals surface area contributed by atoms with E-state index in [0.29, 0.717) is 43.2 Å². The molecule has 126 valence electrons. The summed E-state index contributed by atoms with van der Waals surface area (Å²) in [4.78, 5) is 16.2. The van der Waals surface area contributed by atoms with Gasteiger partial charge in [0.15, 0.2) is 11.6 Å².